The summed E-state index contributed by atoms with van der Waals surface area (Å²) in [5.41, 5.74) is 0.0714. The van der Waals surface area contributed by atoms with Crippen LogP contribution in [0.4, 0.5) is 0 Å². The highest BCUT2D eigenvalue weighted by atomic mass is 32.2. The highest BCUT2D eigenvalue weighted by Gasteiger charge is 2.17. The molecule has 1 aromatic rings. The predicted molar refractivity (Wildman–Crippen MR) is 81.4 cm³/mol. The Kier molecular flexibility index (Phi) is 5.81. The summed E-state index contributed by atoms with van der Waals surface area (Å²) in [5.74, 6) is 2.66. The number of rotatable bonds is 6. The highest BCUT2D eigenvalue weighted by Crippen LogP contribution is 2.16. The van der Waals surface area contributed by atoms with Crippen LogP contribution in [0.1, 0.15) is 53.1 Å². The second kappa shape index (κ2) is 6.71. The summed E-state index contributed by atoms with van der Waals surface area (Å²) in [6.45, 7) is 13.3. The molecular weight excluding hydrogens is 258 g/mol. The molecule has 0 saturated carbocycles. The van der Waals surface area contributed by atoms with Gasteiger partial charge in [-0.2, -0.15) is 0 Å². The van der Waals surface area contributed by atoms with Gasteiger partial charge in [0.25, 0.3) is 0 Å². The SMILES string of the molecule is CC(C)C(C)S(=O)Cc1ccc(CNC(C)(C)C)o1. The minimum Gasteiger partial charge on any atom is -0.464 e. The lowest BCUT2D eigenvalue weighted by Gasteiger charge is -2.19. The van der Waals surface area contributed by atoms with Gasteiger partial charge in [0.2, 0.25) is 0 Å². The molecule has 3 nitrogen and oxygen atoms in total. The van der Waals surface area contributed by atoms with Crippen LogP contribution in [0.25, 0.3) is 0 Å². The fourth-order valence-corrected chi connectivity index (χ4v) is 2.83. The second-order valence-electron chi connectivity index (χ2n) is 6.45. The molecule has 0 aliphatic heterocycles. The van der Waals surface area contributed by atoms with Gasteiger partial charge in [-0.3, -0.25) is 4.21 Å². The van der Waals surface area contributed by atoms with Crippen molar-refractivity contribution >= 4 is 10.8 Å². The third-order valence-corrected chi connectivity index (χ3v) is 5.09. The molecule has 0 aromatic carbocycles. The lowest BCUT2D eigenvalue weighted by atomic mass is 10.1. The van der Waals surface area contributed by atoms with Gasteiger partial charge in [-0.25, -0.2) is 0 Å². The van der Waals surface area contributed by atoms with Crippen molar-refractivity contribution in [3.05, 3.63) is 23.7 Å². The summed E-state index contributed by atoms with van der Waals surface area (Å²) in [4.78, 5) is 0. The Morgan fingerprint density at radius 2 is 1.79 bits per heavy atom. The molecular formula is C15H27NO2S. The molecule has 0 aliphatic carbocycles. The van der Waals surface area contributed by atoms with Crippen LogP contribution >= 0.6 is 0 Å². The molecule has 2 atom stereocenters. The van der Waals surface area contributed by atoms with Crippen LogP contribution in [-0.2, 0) is 23.1 Å². The molecule has 2 unspecified atom stereocenters. The summed E-state index contributed by atoms with van der Waals surface area (Å²) in [7, 11) is -0.868. The van der Waals surface area contributed by atoms with E-state index in [9.17, 15) is 4.21 Å². The van der Waals surface area contributed by atoms with E-state index >= 15 is 0 Å². The van der Waals surface area contributed by atoms with Crippen molar-refractivity contribution in [1.29, 1.82) is 0 Å². The van der Waals surface area contributed by atoms with E-state index in [1.807, 2.05) is 19.1 Å². The fraction of sp³-hybridized carbons (Fsp3) is 0.733. The first-order valence-electron chi connectivity index (χ1n) is 6.89. The Morgan fingerprint density at radius 1 is 1.21 bits per heavy atom. The van der Waals surface area contributed by atoms with Gasteiger partial charge in [-0.15, -0.1) is 0 Å². The average Bonchev–Trinajstić information content (AvgIpc) is 2.72. The second-order valence-corrected chi connectivity index (χ2v) is 8.24. The lowest BCUT2D eigenvalue weighted by Crippen LogP contribution is -2.34. The van der Waals surface area contributed by atoms with Crippen LogP contribution in [0.5, 0.6) is 0 Å². The van der Waals surface area contributed by atoms with Crippen LogP contribution in [-0.4, -0.2) is 15.0 Å². The molecule has 1 heterocycles. The molecule has 19 heavy (non-hydrogen) atoms. The van der Waals surface area contributed by atoms with Crippen molar-refractivity contribution in [3.8, 4) is 0 Å². The van der Waals surface area contributed by atoms with Gasteiger partial charge in [0.15, 0.2) is 0 Å². The largest absolute Gasteiger partial charge is 0.464 e. The summed E-state index contributed by atoms with van der Waals surface area (Å²) in [5, 5.41) is 3.57. The smallest absolute Gasteiger partial charge is 0.118 e. The van der Waals surface area contributed by atoms with Crippen molar-refractivity contribution in [3.63, 3.8) is 0 Å². The molecule has 0 saturated heterocycles. The molecule has 4 heteroatoms. The summed E-state index contributed by atoms with van der Waals surface area (Å²) in [6.07, 6.45) is 0. The zero-order chi connectivity index (χ0) is 14.6. The van der Waals surface area contributed by atoms with Gasteiger partial charge in [-0.1, -0.05) is 20.8 Å². The molecule has 1 aromatic heterocycles. The van der Waals surface area contributed by atoms with E-state index in [1.54, 1.807) is 0 Å². The predicted octanol–water partition coefficient (Wildman–Crippen LogP) is 3.46. The van der Waals surface area contributed by atoms with Gasteiger partial charge < -0.3 is 9.73 Å². The van der Waals surface area contributed by atoms with Crippen molar-refractivity contribution < 1.29 is 8.63 Å². The maximum Gasteiger partial charge on any atom is 0.118 e. The zero-order valence-electron chi connectivity index (χ0n) is 12.9. The fourth-order valence-electron chi connectivity index (χ4n) is 1.52. The first-order valence-corrected chi connectivity index (χ1v) is 8.27. The monoisotopic (exact) mass is 285 g/mol. The standard InChI is InChI=1S/C15H27NO2S/c1-11(2)12(3)19(17)10-14-8-7-13(18-14)9-16-15(4,5)6/h7-8,11-12,16H,9-10H2,1-6H3. The molecule has 1 rings (SSSR count). The normalized spacial score (nSPS) is 15.7. The molecule has 0 bridgehead atoms. The van der Waals surface area contributed by atoms with Crippen LogP contribution in [0.3, 0.4) is 0 Å². The molecule has 0 aliphatic rings. The Hall–Kier alpha value is -0.610. The first-order chi connectivity index (χ1) is 8.69. The molecule has 0 spiro atoms. The van der Waals surface area contributed by atoms with Crippen LogP contribution in [0.15, 0.2) is 16.5 Å². The van der Waals surface area contributed by atoms with Gasteiger partial charge >= 0.3 is 0 Å². The van der Waals surface area contributed by atoms with E-state index in [-0.39, 0.29) is 10.8 Å². The lowest BCUT2D eigenvalue weighted by molar-refractivity contribution is 0.382. The Labute approximate surface area is 119 Å². The average molecular weight is 285 g/mol. The van der Waals surface area contributed by atoms with E-state index in [0.717, 1.165) is 11.5 Å². The molecule has 110 valence electrons. The minimum atomic E-state index is -0.868. The van der Waals surface area contributed by atoms with Crippen molar-refractivity contribution in [1.82, 2.24) is 5.32 Å². The first kappa shape index (κ1) is 16.4. The Balaban J connectivity index is 2.53. The number of hydrogen-bond acceptors (Lipinski definition) is 3. The number of nitrogens with one attached hydrogen (secondary N) is 1. The van der Waals surface area contributed by atoms with Gasteiger partial charge in [0.1, 0.15) is 11.5 Å². The summed E-state index contributed by atoms with van der Waals surface area (Å²) in [6, 6.07) is 3.90. The molecule has 0 radical (unpaired) electrons. The molecule has 0 amide bonds. The van der Waals surface area contributed by atoms with E-state index in [4.69, 9.17) is 4.42 Å². The number of furan rings is 1. The Morgan fingerprint density at radius 3 is 2.32 bits per heavy atom. The third kappa shape index (κ3) is 5.91. The maximum atomic E-state index is 12.1. The van der Waals surface area contributed by atoms with E-state index in [2.05, 4.69) is 39.9 Å². The quantitative estimate of drug-likeness (QED) is 0.870. The Bertz CT molecular complexity index is 418. The van der Waals surface area contributed by atoms with Crippen molar-refractivity contribution in [2.24, 2.45) is 5.92 Å². The third-order valence-electron chi connectivity index (χ3n) is 3.15. The molecule has 0 fully saturated rings. The van der Waals surface area contributed by atoms with Crippen LogP contribution in [0, 0.1) is 5.92 Å². The van der Waals surface area contributed by atoms with Gasteiger partial charge in [0, 0.05) is 21.6 Å². The van der Waals surface area contributed by atoms with Crippen LogP contribution in [0.2, 0.25) is 0 Å². The maximum absolute atomic E-state index is 12.1. The van der Waals surface area contributed by atoms with Crippen LogP contribution < -0.4 is 5.32 Å². The summed E-state index contributed by atoms with van der Waals surface area (Å²) < 4.78 is 17.8. The topological polar surface area (TPSA) is 42.2 Å². The minimum absolute atomic E-state index is 0.0714. The van der Waals surface area contributed by atoms with Gasteiger partial charge in [-0.05, 0) is 38.8 Å². The highest BCUT2D eigenvalue weighted by molar-refractivity contribution is 7.84. The van der Waals surface area contributed by atoms with E-state index in [0.29, 0.717) is 18.2 Å². The molecule has 1 N–H and O–H groups in total. The number of hydrogen-bond donors (Lipinski definition) is 1. The van der Waals surface area contributed by atoms with Crippen molar-refractivity contribution in [2.75, 3.05) is 0 Å². The summed E-state index contributed by atoms with van der Waals surface area (Å²) >= 11 is 0. The van der Waals surface area contributed by atoms with E-state index < -0.39 is 10.8 Å². The van der Waals surface area contributed by atoms with Gasteiger partial charge in [0.05, 0.1) is 12.3 Å². The zero-order valence-corrected chi connectivity index (χ0v) is 13.8. The van der Waals surface area contributed by atoms with Crippen molar-refractivity contribution in [2.45, 2.75) is 64.6 Å². The van der Waals surface area contributed by atoms with E-state index in [1.165, 1.54) is 0 Å².